The molecule has 0 radical (unpaired) electrons. The first-order valence-electron chi connectivity index (χ1n) is 8.31. The number of hydrogen-bond donors (Lipinski definition) is 3. The van der Waals surface area contributed by atoms with Crippen molar-refractivity contribution in [3.63, 3.8) is 0 Å². The zero-order valence-electron chi connectivity index (χ0n) is 14.4. The first-order chi connectivity index (χ1) is 13.6. The summed E-state index contributed by atoms with van der Waals surface area (Å²) in [6.07, 6.45) is 4.55. The van der Waals surface area contributed by atoms with E-state index in [1.807, 2.05) is 6.07 Å². The van der Waals surface area contributed by atoms with Crippen molar-refractivity contribution in [1.29, 1.82) is 0 Å². The third-order valence-electron chi connectivity index (χ3n) is 4.00. The molecule has 4 aromatic rings. The van der Waals surface area contributed by atoms with Gasteiger partial charge in [-0.25, -0.2) is 14.8 Å². The lowest BCUT2D eigenvalue weighted by molar-refractivity contribution is 0.0698. The number of aromatic carboxylic acids is 1. The van der Waals surface area contributed by atoms with Gasteiger partial charge in [-0.2, -0.15) is 0 Å². The largest absolute Gasteiger partial charge is 0.478 e. The zero-order valence-corrected chi connectivity index (χ0v) is 14.4. The highest BCUT2D eigenvalue weighted by Crippen LogP contribution is 2.28. The molecule has 0 atom stereocenters. The fourth-order valence-corrected chi connectivity index (χ4v) is 2.76. The second-order valence-electron chi connectivity index (χ2n) is 5.86. The zero-order chi connectivity index (χ0) is 19.5. The van der Waals surface area contributed by atoms with Crippen LogP contribution >= 0.6 is 0 Å². The monoisotopic (exact) mass is 374 g/mol. The Bertz CT molecular complexity index is 1170. The number of nitrogens with one attached hydrogen (secondary N) is 2. The predicted molar refractivity (Wildman–Crippen MR) is 102 cm³/mol. The van der Waals surface area contributed by atoms with Crippen LogP contribution < -0.4 is 10.1 Å². The molecule has 0 aliphatic heterocycles. The minimum Gasteiger partial charge on any atom is -0.478 e. The summed E-state index contributed by atoms with van der Waals surface area (Å²) < 4.78 is 5.84. The van der Waals surface area contributed by atoms with Crippen LogP contribution in [0, 0.1) is 0 Å². The normalized spacial score (nSPS) is 10.6. The van der Waals surface area contributed by atoms with Gasteiger partial charge in [0.25, 0.3) is 5.91 Å². The molecule has 0 aliphatic carbocycles. The number of amides is 1. The number of benzene rings is 2. The Balaban J connectivity index is 1.56. The third-order valence-corrected chi connectivity index (χ3v) is 4.00. The van der Waals surface area contributed by atoms with Gasteiger partial charge in [0.05, 0.1) is 5.56 Å². The number of pyridine rings is 1. The molecule has 2 aromatic heterocycles. The standard InChI is InChI=1S/C20H14N4O4/c25-19(18-22-8-9-23-18)24-17-11-14(6-7-21-17)28-13-4-5-15-12(10-13)2-1-3-16(15)20(26)27/h1-11H,(H,22,23)(H,26,27)(H,21,24,25). The van der Waals surface area contributed by atoms with E-state index in [1.165, 1.54) is 12.4 Å². The van der Waals surface area contributed by atoms with E-state index >= 15 is 0 Å². The van der Waals surface area contributed by atoms with Gasteiger partial charge in [-0.3, -0.25) is 4.79 Å². The molecule has 1 amide bonds. The van der Waals surface area contributed by atoms with E-state index in [4.69, 9.17) is 4.74 Å². The number of hydrogen-bond acceptors (Lipinski definition) is 5. The molecule has 8 heteroatoms. The van der Waals surface area contributed by atoms with E-state index in [9.17, 15) is 14.7 Å². The summed E-state index contributed by atoms with van der Waals surface area (Å²) in [4.78, 5) is 34.1. The van der Waals surface area contributed by atoms with Gasteiger partial charge in [-0.1, -0.05) is 12.1 Å². The molecule has 0 saturated carbocycles. The Labute approximate surface area is 158 Å². The molecular weight excluding hydrogens is 360 g/mol. The van der Waals surface area contributed by atoms with E-state index in [1.54, 1.807) is 48.7 Å². The molecule has 2 heterocycles. The number of carboxylic acids is 1. The molecule has 0 bridgehead atoms. The third kappa shape index (κ3) is 3.51. The molecule has 8 nitrogen and oxygen atoms in total. The fourth-order valence-electron chi connectivity index (χ4n) is 2.76. The summed E-state index contributed by atoms with van der Waals surface area (Å²) >= 11 is 0. The molecule has 138 valence electrons. The van der Waals surface area contributed by atoms with Crippen molar-refractivity contribution < 1.29 is 19.4 Å². The number of anilines is 1. The number of H-pyrrole nitrogens is 1. The highest BCUT2D eigenvalue weighted by molar-refractivity contribution is 6.04. The van der Waals surface area contributed by atoms with Gasteiger partial charge in [0.1, 0.15) is 17.3 Å². The van der Waals surface area contributed by atoms with Gasteiger partial charge in [0.2, 0.25) is 0 Å². The first kappa shape index (κ1) is 17.2. The van der Waals surface area contributed by atoms with Crippen molar-refractivity contribution in [3.05, 3.63) is 78.5 Å². The average Bonchev–Trinajstić information content (AvgIpc) is 3.22. The minimum absolute atomic E-state index is 0.178. The Morgan fingerprint density at radius 1 is 1.00 bits per heavy atom. The summed E-state index contributed by atoms with van der Waals surface area (Å²) in [5, 5.41) is 13.3. The molecule has 0 aliphatic rings. The van der Waals surface area contributed by atoms with Crippen molar-refractivity contribution in [3.8, 4) is 11.5 Å². The Morgan fingerprint density at radius 2 is 1.86 bits per heavy atom. The van der Waals surface area contributed by atoms with Gasteiger partial charge in [-0.05, 0) is 41.1 Å². The number of aromatic nitrogens is 3. The van der Waals surface area contributed by atoms with Gasteiger partial charge < -0.3 is 20.1 Å². The molecule has 0 spiro atoms. The van der Waals surface area contributed by atoms with Crippen LogP contribution in [0.25, 0.3) is 10.8 Å². The number of carbonyl (C=O) groups is 2. The quantitative estimate of drug-likeness (QED) is 0.490. The van der Waals surface area contributed by atoms with Crippen LogP contribution in [0.3, 0.4) is 0 Å². The van der Waals surface area contributed by atoms with Crippen LogP contribution in [-0.2, 0) is 0 Å². The molecule has 28 heavy (non-hydrogen) atoms. The summed E-state index contributed by atoms with van der Waals surface area (Å²) in [6, 6.07) is 13.4. The number of ether oxygens (including phenoxy) is 1. The van der Waals surface area contributed by atoms with Gasteiger partial charge in [0, 0.05) is 24.7 Å². The van der Waals surface area contributed by atoms with Crippen molar-refractivity contribution in [2.45, 2.75) is 0 Å². The van der Waals surface area contributed by atoms with Crippen LogP contribution in [-0.4, -0.2) is 31.9 Å². The van der Waals surface area contributed by atoms with E-state index in [-0.39, 0.29) is 11.4 Å². The lowest BCUT2D eigenvalue weighted by atomic mass is 10.0. The Kier molecular flexibility index (Phi) is 4.43. The van der Waals surface area contributed by atoms with Crippen molar-refractivity contribution in [2.24, 2.45) is 0 Å². The van der Waals surface area contributed by atoms with Crippen molar-refractivity contribution in [2.75, 3.05) is 5.32 Å². The number of nitrogens with zero attached hydrogens (tertiary/aromatic N) is 2. The molecule has 0 fully saturated rings. The first-order valence-corrected chi connectivity index (χ1v) is 8.31. The van der Waals surface area contributed by atoms with E-state index in [2.05, 4.69) is 20.3 Å². The van der Waals surface area contributed by atoms with Crippen LogP contribution in [0.4, 0.5) is 5.82 Å². The summed E-state index contributed by atoms with van der Waals surface area (Å²) in [5.74, 6) is 0.0969. The molecule has 0 saturated heterocycles. The Hall–Kier alpha value is -4.20. The molecule has 2 aromatic carbocycles. The van der Waals surface area contributed by atoms with E-state index in [0.29, 0.717) is 22.7 Å². The highest BCUT2D eigenvalue weighted by atomic mass is 16.5. The molecule has 0 unspecified atom stereocenters. The van der Waals surface area contributed by atoms with Crippen LogP contribution in [0.1, 0.15) is 21.0 Å². The average molecular weight is 374 g/mol. The topological polar surface area (TPSA) is 117 Å². The van der Waals surface area contributed by atoms with Crippen molar-refractivity contribution >= 4 is 28.5 Å². The highest BCUT2D eigenvalue weighted by Gasteiger charge is 2.11. The molecule has 3 N–H and O–H groups in total. The minimum atomic E-state index is -0.981. The SMILES string of the molecule is O=C(Nc1cc(Oc2ccc3c(C(=O)O)cccc3c2)ccn1)c1ncc[nH]1. The van der Waals surface area contributed by atoms with Crippen LogP contribution in [0.2, 0.25) is 0 Å². The summed E-state index contributed by atoms with van der Waals surface area (Å²) in [6.45, 7) is 0. The second-order valence-corrected chi connectivity index (χ2v) is 5.86. The molecular formula is C20H14N4O4. The smallest absolute Gasteiger partial charge is 0.336 e. The van der Waals surface area contributed by atoms with Crippen molar-refractivity contribution in [1.82, 2.24) is 15.0 Å². The maximum Gasteiger partial charge on any atom is 0.336 e. The van der Waals surface area contributed by atoms with Crippen LogP contribution in [0.5, 0.6) is 11.5 Å². The number of aromatic amines is 1. The second kappa shape index (κ2) is 7.20. The summed E-state index contributed by atoms with van der Waals surface area (Å²) in [5.41, 5.74) is 0.232. The van der Waals surface area contributed by atoms with Crippen LogP contribution in [0.15, 0.2) is 67.1 Å². The summed E-state index contributed by atoms with van der Waals surface area (Å²) in [7, 11) is 0. The van der Waals surface area contributed by atoms with Gasteiger partial charge in [0.15, 0.2) is 5.82 Å². The maximum atomic E-state index is 12.0. The number of rotatable bonds is 5. The lowest BCUT2D eigenvalue weighted by Crippen LogP contribution is -2.14. The maximum absolute atomic E-state index is 12.0. The van der Waals surface area contributed by atoms with E-state index in [0.717, 1.165) is 5.39 Å². The fraction of sp³-hybridized carbons (Fsp3) is 0. The number of imidazole rings is 1. The molecule has 4 rings (SSSR count). The lowest BCUT2D eigenvalue weighted by Gasteiger charge is -2.09. The van der Waals surface area contributed by atoms with Gasteiger partial charge >= 0.3 is 5.97 Å². The number of fused-ring (bicyclic) bond motifs is 1. The Morgan fingerprint density at radius 3 is 2.64 bits per heavy atom. The van der Waals surface area contributed by atoms with E-state index < -0.39 is 11.9 Å². The number of carboxylic acid groups (broad SMARTS) is 1. The predicted octanol–water partition coefficient (Wildman–Crippen LogP) is 3.70. The van der Waals surface area contributed by atoms with Gasteiger partial charge in [-0.15, -0.1) is 0 Å². The number of carbonyl (C=O) groups excluding carboxylic acids is 1.